The lowest BCUT2D eigenvalue weighted by Crippen LogP contribution is -2.16. The van der Waals surface area contributed by atoms with Crippen LogP contribution in [0.1, 0.15) is 88.8 Å². The molecule has 3 rings (SSSR count). The van der Waals surface area contributed by atoms with E-state index in [0.29, 0.717) is 16.2 Å². The predicted octanol–water partition coefficient (Wildman–Crippen LogP) is 5.83. The molecule has 3 aromatic rings. The molecule has 0 aliphatic rings. The van der Waals surface area contributed by atoms with Crippen LogP contribution < -0.4 is 10.1 Å². The number of amides is 1. The van der Waals surface area contributed by atoms with E-state index in [1.807, 2.05) is 37.5 Å². The number of rotatable bonds is 10. The van der Waals surface area contributed by atoms with Crippen molar-refractivity contribution in [2.75, 3.05) is 11.1 Å². The first-order valence-electron chi connectivity index (χ1n) is 11.1. The van der Waals surface area contributed by atoms with Crippen LogP contribution in [0.2, 0.25) is 0 Å². The molecular formula is C23H32N6O2S2. The monoisotopic (exact) mass is 488 g/mol. The van der Waals surface area contributed by atoms with E-state index in [2.05, 4.69) is 65.5 Å². The lowest BCUT2D eigenvalue weighted by molar-refractivity contribution is -0.113. The van der Waals surface area contributed by atoms with Crippen molar-refractivity contribution < 1.29 is 9.53 Å². The van der Waals surface area contributed by atoms with E-state index >= 15 is 0 Å². The number of carbonyl (C=O) groups is 1. The minimum atomic E-state index is -0.288. The third-order valence-electron chi connectivity index (χ3n) is 4.94. The highest BCUT2D eigenvalue weighted by atomic mass is 32.2. The Morgan fingerprint density at radius 2 is 1.70 bits per heavy atom. The van der Waals surface area contributed by atoms with Gasteiger partial charge in [-0.25, -0.2) is 0 Å². The number of hydrogen-bond acceptors (Lipinski definition) is 8. The third-order valence-corrected chi connectivity index (χ3v) is 7.03. The molecule has 1 amide bonds. The highest BCUT2D eigenvalue weighted by Crippen LogP contribution is 2.29. The molecule has 0 aliphatic heterocycles. The number of nitrogens with zero attached hydrogens (tertiary/aromatic N) is 5. The molecule has 1 unspecified atom stereocenters. The predicted molar refractivity (Wildman–Crippen MR) is 133 cm³/mol. The minimum Gasteiger partial charge on any atom is -0.483 e. The van der Waals surface area contributed by atoms with Gasteiger partial charge in [-0.15, -0.1) is 20.4 Å². The van der Waals surface area contributed by atoms with Crippen LogP contribution in [-0.4, -0.2) is 36.6 Å². The van der Waals surface area contributed by atoms with Crippen LogP contribution >= 0.6 is 23.1 Å². The van der Waals surface area contributed by atoms with E-state index in [1.165, 1.54) is 28.7 Å². The highest BCUT2D eigenvalue weighted by Gasteiger charge is 2.22. The Kier molecular flexibility index (Phi) is 8.47. The Hall–Kier alpha value is -2.46. The first-order valence-corrected chi connectivity index (χ1v) is 12.9. The summed E-state index contributed by atoms with van der Waals surface area (Å²) < 4.78 is 8.16. The quantitative estimate of drug-likeness (QED) is 0.359. The average molecular weight is 489 g/mol. The second kappa shape index (κ2) is 11.1. The zero-order valence-corrected chi connectivity index (χ0v) is 21.8. The van der Waals surface area contributed by atoms with Crippen molar-refractivity contribution in [3.8, 4) is 5.75 Å². The van der Waals surface area contributed by atoms with Gasteiger partial charge in [0.2, 0.25) is 11.0 Å². The number of thioether (sulfide) groups is 1. The summed E-state index contributed by atoms with van der Waals surface area (Å²) in [5.41, 5.74) is 1.27. The Morgan fingerprint density at radius 3 is 2.27 bits per heavy atom. The lowest BCUT2D eigenvalue weighted by Gasteiger charge is -2.19. The van der Waals surface area contributed by atoms with E-state index in [-0.39, 0.29) is 29.7 Å². The normalized spacial score (nSPS) is 12.5. The summed E-state index contributed by atoms with van der Waals surface area (Å²) >= 11 is 2.74. The minimum absolute atomic E-state index is 0.117. The van der Waals surface area contributed by atoms with E-state index in [9.17, 15) is 4.79 Å². The summed E-state index contributed by atoms with van der Waals surface area (Å²) in [5, 5.41) is 21.8. The van der Waals surface area contributed by atoms with Gasteiger partial charge in [-0.3, -0.25) is 10.1 Å². The molecule has 10 heteroatoms. The van der Waals surface area contributed by atoms with Gasteiger partial charge in [0.25, 0.3) is 0 Å². The van der Waals surface area contributed by atoms with Gasteiger partial charge < -0.3 is 9.30 Å². The first-order chi connectivity index (χ1) is 15.7. The number of ether oxygens (including phenoxy) is 1. The van der Waals surface area contributed by atoms with E-state index in [1.54, 1.807) is 0 Å². The van der Waals surface area contributed by atoms with Crippen LogP contribution in [0.4, 0.5) is 5.13 Å². The zero-order chi connectivity index (χ0) is 24.1. The van der Waals surface area contributed by atoms with Crippen molar-refractivity contribution in [3.05, 3.63) is 40.7 Å². The van der Waals surface area contributed by atoms with E-state index < -0.39 is 0 Å². The van der Waals surface area contributed by atoms with E-state index in [0.717, 1.165) is 16.6 Å². The number of anilines is 1. The SMILES string of the molecule is CC(C)c1ccc(OC(C)c2nnc(SCC(=O)Nc3nnc(C(C)C)s3)n2C(C)C)cc1. The van der Waals surface area contributed by atoms with Crippen molar-refractivity contribution in [2.45, 2.75) is 77.6 Å². The summed E-state index contributed by atoms with van der Waals surface area (Å²) in [6.07, 6.45) is -0.288. The van der Waals surface area contributed by atoms with Crippen LogP contribution in [0.5, 0.6) is 5.75 Å². The maximum absolute atomic E-state index is 12.4. The van der Waals surface area contributed by atoms with Crippen LogP contribution in [0.3, 0.4) is 0 Å². The summed E-state index contributed by atoms with van der Waals surface area (Å²) in [5.74, 6) is 2.32. The van der Waals surface area contributed by atoms with Crippen molar-refractivity contribution in [3.63, 3.8) is 0 Å². The molecule has 2 heterocycles. The first kappa shape index (κ1) is 25.2. The standard InChI is InChI=1S/C23H32N6O2S2/c1-13(2)17-8-10-18(11-9-17)31-16(7)20-25-28-23(29(20)15(5)6)32-12-19(30)24-22-27-26-21(33-22)14(3)4/h8-11,13-16H,12H2,1-7H3,(H,24,27,30). The molecule has 33 heavy (non-hydrogen) atoms. The molecule has 0 fully saturated rings. The topological polar surface area (TPSA) is 94.8 Å². The van der Waals surface area contributed by atoms with Crippen LogP contribution in [0, 0.1) is 0 Å². The van der Waals surface area contributed by atoms with E-state index in [4.69, 9.17) is 4.74 Å². The summed E-state index contributed by atoms with van der Waals surface area (Å²) in [4.78, 5) is 12.4. The van der Waals surface area contributed by atoms with Gasteiger partial charge in [0.15, 0.2) is 17.1 Å². The number of nitrogens with one attached hydrogen (secondary N) is 1. The maximum atomic E-state index is 12.4. The van der Waals surface area contributed by atoms with Crippen molar-refractivity contribution >= 4 is 34.1 Å². The summed E-state index contributed by atoms with van der Waals surface area (Å²) in [7, 11) is 0. The lowest BCUT2D eigenvalue weighted by atomic mass is 10.0. The molecule has 0 spiro atoms. The molecule has 0 saturated heterocycles. The maximum Gasteiger partial charge on any atom is 0.236 e. The van der Waals surface area contributed by atoms with Gasteiger partial charge in [-0.1, -0.05) is 62.9 Å². The smallest absolute Gasteiger partial charge is 0.236 e. The average Bonchev–Trinajstić information content (AvgIpc) is 3.40. The second-order valence-electron chi connectivity index (χ2n) is 8.73. The fraction of sp³-hybridized carbons (Fsp3) is 0.522. The van der Waals surface area contributed by atoms with Crippen molar-refractivity contribution in [1.82, 2.24) is 25.0 Å². The third kappa shape index (κ3) is 6.54. The van der Waals surface area contributed by atoms with Gasteiger partial charge in [0, 0.05) is 12.0 Å². The molecule has 178 valence electrons. The molecule has 0 radical (unpaired) electrons. The van der Waals surface area contributed by atoms with Gasteiger partial charge in [0.1, 0.15) is 10.8 Å². The Balaban J connectivity index is 1.65. The number of aromatic nitrogens is 5. The van der Waals surface area contributed by atoms with Crippen LogP contribution in [0.15, 0.2) is 29.4 Å². The summed E-state index contributed by atoms with van der Waals surface area (Å²) in [6.45, 7) is 14.5. The van der Waals surface area contributed by atoms with Crippen LogP contribution in [-0.2, 0) is 4.79 Å². The Bertz CT molecular complexity index is 1060. The number of carbonyl (C=O) groups excluding carboxylic acids is 1. The number of hydrogen-bond donors (Lipinski definition) is 1. The van der Waals surface area contributed by atoms with Gasteiger partial charge in [0.05, 0.1) is 5.75 Å². The molecule has 8 nitrogen and oxygen atoms in total. The van der Waals surface area contributed by atoms with Crippen molar-refractivity contribution in [2.24, 2.45) is 0 Å². The Labute approximate surface area is 203 Å². The molecule has 1 N–H and O–H groups in total. The zero-order valence-electron chi connectivity index (χ0n) is 20.2. The second-order valence-corrected chi connectivity index (χ2v) is 10.7. The molecule has 0 bridgehead atoms. The van der Waals surface area contributed by atoms with Crippen LogP contribution in [0.25, 0.3) is 0 Å². The largest absolute Gasteiger partial charge is 0.483 e. The molecular weight excluding hydrogens is 456 g/mol. The Morgan fingerprint density at radius 1 is 1.00 bits per heavy atom. The fourth-order valence-corrected chi connectivity index (χ4v) is 4.78. The van der Waals surface area contributed by atoms with Gasteiger partial charge in [-0.05, 0) is 44.4 Å². The molecule has 0 aliphatic carbocycles. The molecule has 1 aromatic carbocycles. The number of benzene rings is 1. The van der Waals surface area contributed by atoms with Gasteiger partial charge >= 0.3 is 0 Å². The van der Waals surface area contributed by atoms with Crippen molar-refractivity contribution in [1.29, 1.82) is 0 Å². The molecule has 2 aromatic heterocycles. The molecule has 0 saturated carbocycles. The summed E-state index contributed by atoms with van der Waals surface area (Å²) in [6, 6.07) is 8.26. The van der Waals surface area contributed by atoms with Gasteiger partial charge in [-0.2, -0.15) is 0 Å². The fourth-order valence-electron chi connectivity index (χ4n) is 3.14. The highest BCUT2D eigenvalue weighted by molar-refractivity contribution is 7.99. The molecule has 1 atom stereocenters.